The monoisotopic (exact) mass is 255 g/mol. The summed E-state index contributed by atoms with van der Waals surface area (Å²) in [6.07, 6.45) is 1.60. The quantitative estimate of drug-likeness (QED) is 0.778. The van der Waals surface area contributed by atoms with E-state index < -0.39 is 6.04 Å². The van der Waals surface area contributed by atoms with Crippen LogP contribution in [-0.4, -0.2) is 54.3 Å². The van der Waals surface area contributed by atoms with E-state index in [1.165, 1.54) is 0 Å². The van der Waals surface area contributed by atoms with Crippen molar-refractivity contribution < 1.29 is 9.59 Å². The van der Waals surface area contributed by atoms with Gasteiger partial charge in [-0.25, -0.2) is 0 Å². The Kier molecular flexibility index (Phi) is 4.37. The van der Waals surface area contributed by atoms with Gasteiger partial charge >= 0.3 is 0 Å². The minimum absolute atomic E-state index is 0.0121. The number of carbonyl (C=O) groups excluding carboxylic acids is 2. The maximum absolute atomic E-state index is 12.4. The highest BCUT2D eigenvalue weighted by Gasteiger charge is 2.39. The van der Waals surface area contributed by atoms with E-state index in [2.05, 4.69) is 0 Å². The molecule has 5 heteroatoms. The zero-order valence-corrected chi connectivity index (χ0v) is 12.1. The molecule has 0 saturated carbocycles. The molecule has 2 N–H and O–H groups in total. The summed E-state index contributed by atoms with van der Waals surface area (Å²) in [6.45, 7) is 6.45. The fraction of sp³-hybridized carbons (Fsp3) is 0.846. The summed E-state index contributed by atoms with van der Waals surface area (Å²) in [7, 11) is 3.43. The average Bonchev–Trinajstić information content (AvgIpc) is 2.73. The highest BCUT2D eigenvalue weighted by Crippen LogP contribution is 2.24. The van der Waals surface area contributed by atoms with Crippen LogP contribution in [0.15, 0.2) is 0 Å². The molecule has 0 radical (unpaired) electrons. The molecule has 2 atom stereocenters. The van der Waals surface area contributed by atoms with Gasteiger partial charge in [-0.2, -0.15) is 0 Å². The Morgan fingerprint density at radius 1 is 1.33 bits per heavy atom. The van der Waals surface area contributed by atoms with Gasteiger partial charge in [-0.05, 0) is 18.3 Å². The number of hydrogen-bond donors (Lipinski definition) is 1. The van der Waals surface area contributed by atoms with Crippen LogP contribution < -0.4 is 5.73 Å². The first kappa shape index (κ1) is 15.0. The minimum atomic E-state index is -0.562. The van der Waals surface area contributed by atoms with Crippen LogP contribution in [0.5, 0.6) is 0 Å². The van der Waals surface area contributed by atoms with E-state index in [0.717, 1.165) is 12.8 Å². The molecule has 1 unspecified atom stereocenters. The van der Waals surface area contributed by atoms with E-state index in [1.807, 2.05) is 20.8 Å². The number of likely N-dealkylation sites (N-methyl/N-ethyl adjacent to an activating group) is 1. The van der Waals surface area contributed by atoms with Crippen LogP contribution >= 0.6 is 0 Å². The van der Waals surface area contributed by atoms with Crippen molar-refractivity contribution in [2.24, 2.45) is 11.1 Å². The summed E-state index contributed by atoms with van der Waals surface area (Å²) < 4.78 is 0. The van der Waals surface area contributed by atoms with Crippen molar-refractivity contribution in [2.75, 3.05) is 20.6 Å². The summed E-state index contributed by atoms with van der Waals surface area (Å²) in [5.41, 5.74) is 5.71. The number of carbonyl (C=O) groups is 2. The number of hydrogen-bond acceptors (Lipinski definition) is 3. The smallest absolute Gasteiger partial charge is 0.244 e. The van der Waals surface area contributed by atoms with Crippen LogP contribution in [0.3, 0.4) is 0 Å². The minimum Gasteiger partial charge on any atom is -0.347 e. The SMILES string of the molecule is CN(C)C(=O)C1CCCN1C(=O)[C@@H](N)C(C)(C)C. The van der Waals surface area contributed by atoms with Crippen molar-refractivity contribution in [1.82, 2.24) is 9.80 Å². The highest BCUT2D eigenvalue weighted by molar-refractivity contribution is 5.90. The van der Waals surface area contributed by atoms with Crippen LogP contribution in [0.4, 0.5) is 0 Å². The van der Waals surface area contributed by atoms with Crippen molar-refractivity contribution in [2.45, 2.75) is 45.7 Å². The summed E-state index contributed by atoms with van der Waals surface area (Å²) in [5, 5.41) is 0. The Hall–Kier alpha value is -1.10. The standard InChI is InChI=1S/C13H25N3O2/c1-13(2,3)10(14)12(18)16-8-6-7-9(16)11(17)15(4)5/h9-10H,6-8,14H2,1-5H3/t9?,10-/m1/s1. The third-order valence-corrected chi connectivity index (χ3v) is 3.46. The predicted molar refractivity (Wildman–Crippen MR) is 70.9 cm³/mol. The largest absolute Gasteiger partial charge is 0.347 e. The molecule has 1 heterocycles. The van der Waals surface area contributed by atoms with Gasteiger partial charge in [0.2, 0.25) is 11.8 Å². The van der Waals surface area contributed by atoms with E-state index in [4.69, 9.17) is 5.73 Å². The van der Waals surface area contributed by atoms with Crippen molar-refractivity contribution in [3.8, 4) is 0 Å². The van der Waals surface area contributed by atoms with Crippen LogP contribution in [-0.2, 0) is 9.59 Å². The van der Waals surface area contributed by atoms with Crippen molar-refractivity contribution in [1.29, 1.82) is 0 Å². The molecule has 2 amide bonds. The number of nitrogens with two attached hydrogens (primary N) is 1. The zero-order valence-electron chi connectivity index (χ0n) is 12.1. The van der Waals surface area contributed by atoms with Gasteiger partial charge in [-0.15, -0.1) is 0 Å². The van der Waals surface area contributed by atoms with Crippen molar-refractivity contribution >= 4 is 11.8 Å². The molecular formula is C13H25N3O2. The van der Waals surface area contributed by atoms with Gasteiger partial charge in [-0.3, -0.25) is 9.59 Å². The Morgan fingerprint density at radius 3 is 2.33 bits per heavy atom. The first-order valence-electron chi connectivity index (χ1n) is 6.43. The summed E-state index contributed by atoms with van der Waals surface area (Å²) >= 11 is 0. The van der Waals surface area contributed by atoms with E-state index >= 15 is 0 Å². The average molecular weight is 255 g/mol. The highest BCUT2D eigenvalue weighted by atomic mass is 16.2. The van der Waals surface area contributed by atoms with Crippen LogP contribution in [0.2, 0.25) is 0 Å². The van der Waals surface area contributed by atoms with E-state index in [1.54, 1.807) is 23.9 Å². The van der Waals surface area contributed by atoms with Gasteiger partial charge < -0.3 is 15.5 Å². The zero-order chi connectivity index (χ0) is 14.1. The molecule has 1 saturated heterocycles. The third kappa shape index (κ3) is 3.02. The maximum atomic E-state index is 12.4. The van der Waals surface area contributed by atoms with Gasteiger partial charge in [0.15, 0.2) is 0 Å². The van der Waals surface area contributed by atoms with Gasteiger partial charge in [0.1, 0.15) is 6.04 Å². The first-order valence-corrected chi connectivity index (χ1v) is 6.43. The maximum Gasteiger partial charge on any atom is 0.244 e. The molecule has 0 aliphatic carbocycles. The second-order valence-electron chi connectivity index (χ2n) is 6.27. The number of rotatable bonds is 2. The summed E-state index contributed by atoms with van der Waals surface area (Å²) in [5.74, 6) is -0.123. The Morgan fingerprint density at radius 2 is 1.89 bits per heavy atom. The molecule has 1 aliphatic heterocycles. The van der Waals surface area contributed by atoms with Crippen LogP contribution in [0.1, 0.15) is 33.6 Å². The van der Waals surface area contributed by atoms with Gasteiger partial charge in [0.25, 0.3) is 0 Å². The second-order valence-corrected chi connectivity index (χ2v) is 6.27. The van der Waals surface area contributed by atoms with Crippen LogP contribution in [0.25, 0.3) is 0 Å². The molecule has 0 aromatic heterocycles. The lowest BCUT2D eigenvalue weighted by molar-refractivity contribution is -0.144. The second kappa shape index (κ2) is 5.26. The fourth-order valence-corrected chi connectivity index (χ4v) is 2.13. The van der Waals surface area contributed by atoms with E-state index in [-0.39, 0.29) is 23.3 Å². The van der Waals surface area contributed by atoms with Crippen molar-refractivity contribution in [3.63, 3.8) is 0 Å². The fourth-order valence-electron chi connectivity index (χ4n) is 2.13. The van der Waals surface area contributed by atoms with E-state index in [0.29, 0.717) is 6.54 Å². The molecular weight excluding hydrogens is 230 g/mol. The summed E-state index contributed by atoms with van der Waals surface area (Å²) in [4.78, 5) is 27.6. The van der Waals surface area contributed by atoms with Crippen molar-refractivity contribution in [3.05, 3.63) is 0 Å². The lowest BCUT2D eigenvalue weighted by Gasteiger charge is -2.33. The van der Waals surface area contributed by atoms with Crippen LogP contribution in [0, 0.1) is 5.41 Å². The number of nitrogens with zero attached hydrogens (tertiary/aromatic N) is 2. The lowest BCUT2D eigenvalue weighted by atomic mass is 9.86. The molecule has 18 heavy (non-hydrogen) atoms. The Labute approximate surface area is 109 Å². The van der Waals surface area contributed by atoms with E-state index in [9.17, 15) is 9.59 Å². The molecule has 1 fully saturated rings. The lowest BCUT2D eigenvalue weighted by Crippen LogP contribution is -2.54. The number of amides is 2. The molecule has 1 rings (SSSR count). The summed E-state index contributed by atoms with van der Waals surface area (Å²) in [6, 6.07) is -0.894. The molecule has 1 aliphatic rings. The topological polar surface area (TPSA) is 66.6 Å². The molecule has 0 bridgehead atoms. The first-order chi connectivity index (χ1) is 8.16. The number of likely N-dealkylation sites (tertiary alicyclic amines) is 1. The molecule has 0 spiro atoms. The van der Waals surface area contributed by atoms with Gasteiger partial charge in [0.05, 0.1) is 6.04 Å². The third-order valence-electron chi connectivity index (χ3n) is 3.46. The Balaban J connectivity index is 2.82. The molecule has 5 nitrogen and oxygen atoms in total. The predicted octanol–water partition coefficient (Wildman–Crippen LogP) is 0.439. The normalized spacial score (nSPS) is 21.9. The molecule has 104 valence electrons. The van der Waals surface area contributed by atoms with Gasteiger partial charge in [0, 0.05) is 20.6 Å². The molecule has 0 aromatic rings. The Bertz CT molecular complexity index is 334. The molecule has 0 aromatic carbocycles. The van der Waals surface area contributed by atoms with Gasteiger partial charge in [-0.1, -0.05) is 20.8 Å².